The second-order valence-corrected chi connectivity index (χ2v) is 6.03. The molecule has 0 spiro atoms. The molecule has 0 saturated heterocycles. The van der Waals surface area contributed by atoms with Crippen molar-refractivity contribution < 1.29 is 9.53 Å². The second kappa shape index (κ2) is 5.35. The second-order valence-electron chi connectivity index (χ2n) is 4.22. The summed E-state index contributed by atoms with van der Waals surface area (Å²) in [6.45, 7) is 0. The third-order valence-electron chi connectivity index (χ3n) is 2.84. The summed E-state index contributed by atoms with van der Waals surface area (Å²) in [5.41, 5.74) is 0.134. The molecule has 0 bridgehead atoms. The van der Waals surface area contributed by atoms with Crippen LogP contribution in [0.3, 0.4) is 0 Å². The van der Waals surface area contributed by atoms with E-state index in [1.54, 1.807) is 11.8 Å². The number of aromatic nitrogens is 2. The number of ether oxygens (including phenoxy) is 1. The van der Waals surface area contributed by atoms with Gasteiger partial charge in [-0.15, -0.1) is 11.8 Å². The van der Waals surface area contributed by atoms with Crippen molar-refractivity contribution in [3.8, 4) is 0 Å². The molecule has 0 aromatic carbocycles. The van der Waals surface area contributed by atoms with Gasteiger partial charge in [0, 0.05) is 11.8 Å². The predicted octanol–water partition coefficient (Wildman–Crippen LogP) is 2.67. The van der Waals surface area contributed by atoms with E-state index in [1.165, 1.54) is 13.4 Å². The van der Waals surface area contributed by atoms with Crippen LogP contribution in [0.4, 0.5) is 0 Å². The Hall–Kier alpha value is -0.620. The van der Waals surface area contributed by atoms with E-state index in [0.29, 0.717) is 6.42 Å². The van der Waals surface area contributed by atoms with Gasteiger partial charge in [0.15, 0.2) is 0 Å². The van der Waals surface area contributed by atoms with Gasteiger partial charge in [-0.3, -0.25) is 4.79 Å². The maximum Gasteiger partial charge on any atom is 0.306 e. The minimum Gasteiger partial charge on any atom is -0.469 e. The Bertz CT molecular complexity index is 424. The van der Waals surface area contributed by atoms with E-state index < -0.39 is 0 Å². The fraction of sp³-hybridized carbons (Fsp3) is 0.545. The molecule has 6 heteroatoms. The van der Waals surface area contributed by atoms with Crippen molar-refractivity contribution in [2.24, 2.45) is 5.41 Å². The average molecular weight is 317 g/mol. The number of carbonyl (C=O) groups excluding carboxylic acids is 1. The number of rotatable bonds is 5. The zero-order valence-electron chi connectivity index (χ0n) is 9.48. The lowest BCUT2D eigenvalue weighted by atomic mass is 10.1. The van der Waals surface area contributed by atoms with Crippen molar-refractivity contribution in [1.82, 2.24) is 9.97 Å². The largest absolute Gasteiger partial charge is 0.469 e. The molecule has 0 N–H and O–H groups in total. The lowest BCUT2D eigenvalue weighted by Gasteiger charge is -2.12. The number of methoxy groups -OCH3 is 1. The van der Waals surface area contributed by atoms with Gasteiger partial charge in [0.1, 0.15) is 16.0 Å². The molecule has 0 radical (unpaired) electrons. The monoisotopic (exact) mass is 316 g/mol. The molecule has 1 fully saturated rings. The molecule has 1 aromatic rings. The summed E-state index contributed by atoms with van der Waals surface area (Å²) in [7, 11) is 1.44. The van der Waals surface area contributed by atoms with Crippen LogP contribution >= 0.6 is 27.7 Å². The van der Waals surface area contributed by atoms with Crippen LogP contribution in [0.25, 0.3) is 0 Å². The lowest BCUT2D eigenvalue weighted by Crippen LogP contribution is -2.13. The van der Waals surface area contributed by atoms with Crippen molar-refractivity contribution in [2.75, 3.05) is 12.9 Å². The maximum atomic E-state index is 11.3. The topological polar surface area (TPSA) is 52.1 Å². The van der Waals surface area contributed by atoms with E-state index in [9.17, 15) is 4.79 Å². The van der Waals surface area contributed by atoms with E-state index in [0.717, 1.165) is 28.2 Å². The van der Waals surface area contributed by atoms with Crippen LogP contribution < -0.4 is 0 Å². The Kier molecular flexibility index (Phi) is 4.04. The average Bonchev–Trinajstić information content (AvgIpc) is 3.07. The molecular formula is C11H13BrN2O2S. The number of hydrogen-bond acceptors (Lipinski definition) is 5. The SMILES string of the molecule is COC(=O)CC1(CSc2cc(Br)ncn2)CC1. The van der Waals surface area contributed by atoms with Gasteiger partial charge in [-0.2, -0.15) is 0 Å². The van der Waals surface area contributed by atoms with Crippen LogP contribution in [0.5, 0.6) is 0 Å². The molecule has 1 aliphatic rings. The number of thioether (sulfide) groups is 1. The number of esters is 1. The van der Waals surface area contributed by atoms with E-state index in [4.69, 9.17) is 4.74 Å². The van der Waals surface area contributed by atoms with E-state index in [-0.39, 0.29) is 11.4 Å². The summed E-state index contributed by atoms with van der Waals surface area (Å²) in [6, 6.07) is 1.89. The molecule has 0 atom stereocenters. The molecule has 1 aromatic heterocycles. The zero-order chi connectivity index (χ0) is 12.3. The van der Waals surface area contributed by atoms with Crippen LogP contribution in [0, 0.1) is 5.41 Å². The molecule has 0 aliphatic heterocycles. The third kappa shape index (κ3) is 3.67. The molecule has 1 aliphatic carbocycles. The van der Waals surface area contributed by atoms with Crippen LogP contribution in [0.2, 0.25) is 0 Å². The maximum absolute atomic E-state index is 11.3. The standard InChI is InChI=1S/C11H13BrN2O2S/c1-16-10(15)5-11(2-3-11)6-17-9-4-8(12)13-7-14-9/h4,7H,2-3,5-6H2,1H3. The first-order chi connectivity index (χ1) is 8.13. The number of hydrogen-bond donors (Lipinski definition) is 0. The van der Waals surface area contributed by atoms with Gasteiger partial charge in [0.25, 0.3) is 0 Å². The van der Waals surface area contributed by atoms with E-state index in [1.807, 2.05) is 6.07 Å². The molecule has 92 valence electrons. The van der Waals surface area contributed by atoms with Gasteiger partial charge in [0.2, 0.25) is 0 Å². The minimum absolute atomic E-state index is 0.119. The molecule has 0 unspecified atom stereocenters. The molecule has 1 heterocycles. The Balaban J connectivity index is 1.88. The fourth-order valence-electron chi connectivity index (χ4n) is 1.55. The normalized spacial score (nSPS) is 16.6. The Morgan fingerprint density at radius 2 is 2.35 bits per heavy atom. The number of nitrogens with zero attached hydrogens (tertiary/aromatic N) is 2. The first-order valence-corrected chi connectivity index (χ1v) is 7.09. The molecular weight excluding hydrogens is 304 g/mol. The van der Waals surface area contributed by atoms with Crippen LogP contribution in [-0.4, -0.2) is 28.8 Å². The van der Waals surface area contributed by atoms with Crippen molar-refractivity contribution in [3.05, 3.63) is 17.0 Å². The predicted molar refractivity (Wildman–Crippen MR) is 68.8 cm³/mol. The molecule has 4 nitrogen and oxygen atoms in total. The van der Waals surface area contributed by atoms with Crippen LogP contribution in [0.15, 0.2) is 22.0 Å². The molecule has 1 saturated carbocycles. The number of carbonyl (C=O) groups is 1. The van der Waals surface area contributed by atoms with Gasteiger partial charge >= 0.3 is 5.97 Å². The summed E-state index contributed by atoms with van der Waals surface area (Å²) in [5, 5.41) is 0.933. The summed E-state index contributed by atoms with van der Waals surface area (Å²) >= 11 is 4.98. The van der Waals surface area contributed by atoms with E-state index >= 15 is 0 Å². The van der Waals surface area contributed by atoms with E-state index in [2.05, 4.69) is 25.9 Å². The first-order valence-electron chi connectivity index (χ1n) is 5.31. The minimum atomic E-state index is -0.119. The highest BCUT2D eigenvalue weighted by atomic mass is 79.9. The lowest BCUT2D eigenvalue weighted by molar-refractivity contribution is -0.141. The summed E-state index contributed by atoms with van der Waals surface area (Å²) in [4.78, 5) is 19.4. The van der Waals surface area contributed by atoms with Crippen molar-refractivity contribution in [1.29, 1.82) is 0 Å². The highest BCUT2D eigenvalue weighted by molar-refractivity contribution is 9.10. The van der Waals surface area contributed by atoms with Crippen molar-refractivity contribution >= 4 is 33.7 Å². The molecule has 17 heavy (non-hydrogen) atoms. The van der Waals surface area contributed by atoms with Gasteiger partial charge in [0.05, 0.1) is 13.5 Å². The van der Waals surface area contributed by atoms with Crippen molar-refractivity contribution in [2.45, 2.75) is 24.3 Å². The zero-order valence-corrected chi connectivity index (χ0v) is 11.9. The fourth-order valence-corrected chi connectivity index (χ4v) is 3.17. The Morgan fingerprint density at radius 1 is 1.59 bits per heavy atom. The van der Waals surface area contributed by atoms with Gasteiger partial charge in [-0.25, -0.2) is 9.97 Å². The summed E-state index contributed by atoms with van der Waals surface area (Å²) in [5.74, 6) is 0.790. The van der Waals surface area contributed by atoms with Crippen LogP contribution in [0.1, 0.15) is 19.3 Å². The van der Waals surface area contributed by atoms with Gasteiger partial charge in [-0.1, -0.05) is 0 Å². The van der Waals surface area contributed by atoms with Crippen LogP contribution in [-0.2, 0) is 9.53 Å². The highest BCUT2D eigenvalue weighted by Crippen LogP contribution is 2.52. The Morgan fingerprint density at radius 3 is 2.94 bits per heavy atom. The summed E-state index contributed by atoms with van der Waals surface area (Å²) in [6.07, 6.45) is 4.25. The molecule has 2 rings (SSSR count). The first kappa shape index (κ1) is 12.8. The quantitative estimate of drug-likeness (QED) is 0.475. The Labute approximate surface area is 113 Å². The number of halogens is 1. The van der Waals surface area contributed by atoms with Gasteiger partial charge in [-0.05, 0) is 34.2 Å². The van der Waals surface area contributed by atoms with Gasteiger partial charge < -0.3 is 4.74 Å². The third-order valence-corrected chi connectivity index (χ3v) is 4.55. The highest BCUT2D eigenvalue weighted by Gasteiger charge is 2.44. The smallest absolute Gasteiger partial charge is 0.306 e. The molecule has 0 amide bonds. The summed E-state index contributed by atoms with van der Waals surface area (Å²) < 4.78 is 5.50. The van der Waals surface area contributed by atoms with Crippen molar-refractivity contribution in [3.63, 3.8) is 0 Å².